The summed E-state index contributed by atoms with van der Waals surface area (Å²) in [5.41, 5.74) is 2.76. The highest BCUT2D eigenvalue weighted by atomic mass is 35.5. The van der Waals surface area contributed by atoms with Crippen LogP contribution in [0.5, 0.6) is 5.75 Å². The summed E-state index contributed by atoms with van der Waals surface area (Å²) in [6, 6.07) is 9.84. The highest BCUT2D eigenvalue weighted by Gasteiger charge is 2.08. The number of nitrogens with one attached hydrogen (secondary N) is 1. The van der Waals surface area contributed by atoms with Crippen LogP contribution >= 0.6 is 11.6 Å². The number of carbonyl (C=O) groups is 1. The van der Waals surface area contributed by atoms with Gasteiger partial charge in [-0.05, 0) is 61.2 Å². The van der Waals surface area contributed by atoms with Gasteiger partial charge >= 0.3 is 0 Å². The molecule has 0 unspecified atom stereocenters. The van der Waals surface area contributed by atoms with Gasteiger partial charge in [0, 0.05) is 11.6 Å². The normalized spacial score (nSPS) is 10.4. The Hall–Kier alpha value is -2.07. The number of benzene rings is 2. The molecule has 0 aliphatic rings. The van der Waals surface area contributed by atoms with Crippen LogP contribution in [0.25, 0.3) is 0 Å². The molecular weight excluding hydrogens is 317 g/mol. The van der Waals surface area contributed by atoms with Crippen LogP contribution in [-0.4, -0.2) is 19.1 Å². The van der Waals surface area contributed by atoms with E-state index in [2.05, 4.69) is 5.32 Å². The summed E-state index contributed by atoms with van der Waals surface area (Å²) in [5.74, 6) is 0.226. The molecule has 0 radical (unpaired) electrons. The quantitative estimate of drug-likeness (QED) is 0.871. The van der Waals surface area contributed by atoms with Gasteiger partial charge in [0.05, 0.1) is 0 Å². The van der Waals surface area contributed by atoms with Gasteiger partial charge in [-0.25, -0.2) is 4.39 Å². The van der Waals surface area contributed by atoms with E-state index in [9.17, 15) is 9.18 Å². The van der Waals surface area contributed by atoms with Gasteiger partial charge in [-0.2, -0.15) is 0 Å². The Morgan fingerprint density at radius 1 is 1.17 bits per heavy atom. The lowest BCUT2D eigenvalue weighted by molar-refractivity contribution is -0.123. The monoisotopic (exact) mass is 335 g/mol. The number of halogens is 2. The molecule has 1 N–H and O–H groups in total. The second kappa shape index (κ2) is 7.97. The van der Waals surface area contributed by atoms with Crippen molar-refractivity contribution < 1.29 is 13.9 Å². The molecule has 2 aromatic rings. The van der Waals surface area contributed by atoms with Crippen molar-refractivity contribution in [1.82, 2.24) is 5.32 Å². The summed E-state index contributed by atoms with van der Waals surface area (Å²) in [5, 5.41) is 3.43. The van der Waals surface area contributed by atoms with Crippen LogP contribution in [0.1, 0.15) is 16.7 Å². The molecule has 1 amide bonds. The van der Waals surface area contributed by atoms with Crippen molar-refractivity contribution in [3.63, 3.8) is 0 Å². The van der Waals surface area contributed by atoms with Gasteiger partial charge in [0.15, 0.2) is 6.61 Å². The van der Waals surface area contributed by atoms with Gasteiger partial charge < -0.3 is 10.1 Å². The van der Waals surface area contributed by atoms with Gasteiger partial charge in [0.1, 0.15) is 11.6 Å². The van der Waals surface area contributed by atoms with Crippen LogP contribution in [0.3, 0.4) is 0 Å². The molecule has 0 aromatic heterocycles. The van der Waals surface area contributed by atoms with E-state index in [-0.39, 0.29) is 18.3 Å². The number of ether oxygens (including phenoxy) is 1. The predicted octanol–water partition coefficient (Wildman–Crippen LogP) is 3.83. The number of rotatable bonds is 6. The average Bonchev–Trinajstić information content (AvgIpc) is 2.48. The Balaban J connectivity index is 1.78. The zero-order chi connectivity index (χ0) is 16.8. The van der Waals surface area contributed by atoms with E-state index < -0.39 is 0 Å². The first-order valence-corrected chi connectivity index (χ1v) is 7.74. The maximum atomic E-state index is 12.8. The molecule has 122 valence electrons. The Bertz CT molecular complexity index is 663. The lowest BCUT2D eigenvalue weighted by Crippen LogP contribution is -2.30. The third-order valence-electron chi connectivity index (χ3n) is 3.42. The summed E-state index contributed by atoms with van der Waals surface area (Å²) in [6.07, 6.45) is 0.644. The molecule has 23 heavy (non-hydrogen) atoms. The van der Waals surface area contributed by atoms with Crippen LogP contribution in [0.4, 0.5) is 4.39 Å². The zero-order valence-electron chi connectivity index (χ0n) is 13.2. The molecule has 5 heteroatoms. The van der Waals surface area contributed by atoms with Gasteiger partial charge in [-0.15, -0.1) is 0 Å². The first-order chi connectivity index (χ1) is 11.0. The van der Waals surface area contributed by atoms with Crippen LogP contribution in [-0.2, 0) is 11.2 Å². The van der Waals surface area contributed by atoms with Gasteiger partial charge in [0.2, 0.25) is 0 Å². The van der Waals surface area contributed by atoms with Crippen LogP contribution < -0.4 is 10.1 Å². The maximum absolute atomic E-state index is 12.8. The maximum Gasteiger partial charge on any atom is 0.257 e. The SMILES string of the molecule is Cc1cc(Cl)cc(C)c1OCC(=O)NCCc1ccc(F)cc1. The number of aryl methyl sites for hydroxylation is 2. The summed E-state index contributed by atoms with van der Waals surface area (Å²) < 4.78 is 18.4. The molecule has 0 aliphatic heterocycles. The van der Waals surface area contributed by atoms with E-state index in [0.717, 1.165) is 16.7 Å². The lowest BCUT2D eigenvalue weighted by atomic mass is 10.1. The topological polar surface area (TPSA) is 38.3 Å². The van der Waals surface area contributed by atoms with Crippen molar-refractivity contribution >= 4 is 17.5 Å². The van der Waals surface area contributed by atoms with Crippen molar-refractivity contribution in [1.29, 1.82) is 0 Å². The van der Waals surface area contributed by atoms with Crippen LogP contribution in [0.2, 0.25) is 5.02 Å². The second-order valence-electron chi connectivity index (χ2n) is 5.38. The third kappa shape index (κ3) is 5.25. The number of carbonyl (C=O) groups excluding carboxylic acids is 1. The molecule has 2 rings (SSSR count). The fourth-order valence-electron chi connectivity index (χ4n) is 2.31. The molecule has 0 bridgehead atoms. The molecule has 0 saturated carbocycles. The number of hydrogen-bond donors (Lipinski definition) is 1. The molecule has 2 aromatic carbocycles. The lowest BCUT2D eigenvalue weighted by Gasteiger charge is -2.12. The molecule has 0 spiro atoms. The van der Waals surface area contributed by atoms with E-state index >= 15 is 0 Å². The first kappa shape index (κ1) is 17.3. The van der Waals surface area contributed by atoms with E-state index in [4.69, 9.17) is 16.3 Å². The van der Waals surface area contributed by atoms with Crippen molar-refractivity contribution in [2.45, 2.75) is 20.3 Å². The van der Waals surface area contributed by atoms with Crippen molar-refractivity contribution in [3.05, 3.63) is 63.9 Å². The standard InChI is InChI=1S/C18H19ClFNO2/c1-12-9-15(19)10-13(2)18(12)23-11-17(22)21-8-7-14-3-5-16(20)6-4-14/h3-6,9-10H,7-8,11H2,1-2H3,(H,21,22). The van der Waals surface area contributed by atoms with E-state index in [1.54, 1.807) is 24.3 Å². The molecule has 0 heterocycles. The fourth-order valence-corrected chi connectivity index (χ4v) is 2.64. The second-order valence-corrected chi connectivity index (χ2v) is 5.82. The number of hydrogen-bond acceptors (Lipinski definition) is 2. The molecule has 0 atom stereocenters. The van der Waals surface area contributed by atoms with E-state index in [0.29, 0.717) is 23.7 Å². The Morgan fingerprint density at radius 3 is 2.39 bits per heavy atom. The third-order valence-corrected chi connectivity index (χ3v) is 3.64. The van der Waals surface area contributed by atoms with Crippen LogP contribution in [0, 0.1) is 19.7 Å². The smallest absolute Gasteiger partial charge is 0.257 e. The fraction of sp³-hybridized carbons (Fsp3) is 0.278. The minimum Gasteiger partial charge on any atom is -0.483 e. The predicted molar refractivity (Wildman–Crippen MR) is 89.5 cm³/mol. The molecule has 3 nitrogen and oxygen atoms in total. The first-order valence-electron chi connectivity index (χ1n) is 7.36. The minimum atomic E-state index is -0.264. The summed E-state index contributed by atoms with van der Waals surface area (Å²) >= 11 is 5.96. The summed E-state index contributed by atoms with van der Waals surface area (Å²) in [6.45, 7) is 4.21. The van der Waals surface area contributed by atoms with Crippen molar-refractivity contribution in [2.24, 2.45) is 0 Å². The molecular formula is C18H19ClFNO2. The van der Waals surface area contributed by atoms with Crippen LogP contribution in [0.15, 0.2) is 36.4 Å². The largest absolute Gasteiger partial charge is 0.483 e. The van der Waals surface area contributed by atoms with Crippen molar-refractivity contribution in [2.75, 3.05) is 13.2 Å². The Kier molecular flexibility index (Phi) is 5.99. The van der Waals surface area contributed by atoms with Gasteiger partial charge in [-0.1, -0.05) is 23.7 Å². The average molecular weight is 336 g/mol. The minimum absolute atomic E-state index is 0.0489. The summed E-state index contributed by atoms with van der Waals surface area (Å²) in [4.78, 5) is 11.8. The molecule has 0 aliphatic carbocycles. The van der Waals surface area contributed by atoms with Gasteiger partial charge in [0.25, 0.3) is 5.91 Å². The van der Waals surface area contributed by atoms with E-state index in [1.165, 1.54) is 12.1 Å². The Labute approximate surface area is 140 Å². The highest BCUT2D eigenvalue weighted by molar-refractivity contribution is 6.30. The highest BCUT2D eigenvalue weighted by Crippen LogP contribution is 2.26. The Morgan fingerprint density at radius 2 is 1.78 bits per heavy atom. The summed E-state index contributed by atoms with van der Waals surface area (Å²) in [7, 11) is 0. The van der Waals surface area contributed by atoms with Gasteiger partial charge in [-0.3, -0.25) is 4.79 Å². The molecule has 0 fully saturated rings. The van der Waals surface area contributed by atoms with E-state index in [1.807, 2.05) is 13.8 Å². The zero-order valence-corrected chi connectivity index (χ0v) is 13.9. The van der Waals surface area contributed by atoms with Crippen molar-refractivity contribution in [3.8, 4) is 5.75 Å². The molecule has 0 saturated heterocycles. The number of amides is 1.